The maximum atomic E-state index is 4.03. The first-order valence-corrected chi connectivity index (χ1v) is 6.10. The number of aromatic nitrogens is 1. The van der Waals surface area contributed by atoms with E-state index < -0.39 is 0 Å². The van der Waals surface area contributed by atoms with Crippen LogP contribution in [0.25, 0.3) is 0 Å². The average molecular weight is 315 g/mol. The van der Waals surface area contributed by atoms with E-state index in [0.717, 1.165) is 12.1 Å². The van der Waals surface area contributed by atoms with Crippen LogP contribution in [0.1, 0.15) is 24.6 Å². The van der Waals surface area contributed by atoms with Crippen LogP contribution < -0.4 is 0 Å². The van der Waals surface area contributed by atoms with Gasteiger partial charge in [0, 0.05) is 44.6 Å². The van der Waals surface area contributed by atoms with E-state index in [1.54, 1.807) is 6.20 Å². The van der Waals surface area contributed by atoms with E-state index in [9.17, 15) is 0 Å². The molecule has 1 aromatic carbocycles. The number of aryl methyl sites for hydroxylation is 1. The van der Waals surface area contributed by atoms with Gasteiger partial charge in [-0.2, -0.15) is 0 Å². The smallest absolute Gasteiger partial charge is 0.0269 e. The maximum Gasteiger partial charge on any atom is 0.0269 e. The van der Waals surface area contributed by atoms with Crippen molar-refractivity contribution in [3.8, 4) is 0 Å². The standard InChI is InChI=1S/C9H12.C7H8N.Y/c1-2-6-9-7-4-3-5-8-9;1-2-7-5-3-4-6-8-7;/h3-5,7-8H,2,6H2,1H3;3-6H,1-2H2;/q;-1;. The minimum Gasteiger partial charge on any atom is -0.338 e. The Morgan fingerprint density at radius 2 is 1.67 bits per heavy atom. The molecular weight excluding hydrogens is 295 g/mol. The van der Waals surface area contributed by atoms with Crippen molar-refractivity contribution in [2.24, 2.45) is 0 Å². The Morgan fingerprint density at radius 3 is 2.11 bits per heavy atom. The third-order valence-electron chi connectivity index (χ3n) is 2.36. The third-order valence-corrected chi connectivity index (χ3v) is 2.36. The minimum atomic E-state index is 0. The van der Waals surface area contributed by atoms with Crippen molar-refractivity contribution in [2.45, 2.75) is 26.2 Å². The van der Waals surface area contributed by atoms with E-state index in [2.05, 4.69) is 49.2 Å². The fourth-order valence-electron chi connectivity index (χ4n) is 1.48. The van der Waals surface area contributed by atoms with Gasteiger partial charge >= 0.3 is 0 Å². The molecule has 0 aliphatic carbocycles. The molecule has 0 amide bonds. The summed E-state index contributed by atoms with van der Waals surface area (Å²) in [5.41, 5.74) is 2.49. The second-order valence-corrected chi connectivity index (χ2v) is 3.81. The first-order valence-electron chi connectivity index (χ1n) is 6.10. The SMILES string of the molecule is CCCc1ccccc1.[CH2-]Cc1ccccn1.[Y]. The molecule has 0 fully saturated rings. The minimum absolute atomic E-state index is 0. The fourth-order valence-corrected chi connectivity index (χ4v) is 1.48. The summed E-state index contributed by atoms with van der Waals surface area (Å²) in [6.45, 7) is 5.89. The van der Waals surface area contributed by atoms with Gasteiger partial charge in [0.2, 0.25) is 0 Å². The number of benzene rings is 1. The zero-order valence-electron chi connectivity index (χ0n) is 11.0. The monoisotopic (exact) mass is 315 g/mol. The number of pyridine rings is 1. The molecule has 0 atom stereocenters. The zero-order valence-corrected chi connectivity index (χ0v) is 13.9. The van der Waals surface area contributed by atoms with Gasteiger partial charge in [0.05, 0.1) is 0 Å². The molecule has 0 bridgehead atoms. The molecule has 0 saturated heterocycles. The summed E-state index contributed by atoms with van der Waals surface area (Å²) in [5, 5.41) is 0. The predicted molar refractivity (Wildman–Crippen MR) is 73.7 cm³/mol. The molecule has 1 aromatic heterocycles. The van der Waals surface area contributed by atoms with Crippen LogP contribution in [-0.4, -0.2) is 4.98 Å². The molecule has 2 heteroatoms. The van der Waals surface area contributed by atoms with Crippen LogP contribution in [0.2, 0.25) is 0 Å². The van der Waals surface area contributed by atoms with Crippen molar-refractivity contribution in [3.05, 3.63) is 72.9 Å². The molecule has 0 aliphatic rings. The topological polar surface area (TPSA) is 12.9 Å². The van der Waals surface area contributed by atoms with E-state index >= 15 is 0 Å². The van der Waals surface area contributed by atoms with Gasteiger partial charge in [-0.25, -0.2) is 0 Å². The van der Waals surface area contributed by atoms with Gasteiger partial charge in [0.15, 0.2) is 0 Å². The maximum absolute atomic E-state index is 4.03. The van der Waals surface area contributed by atoms with Gasteiger partial charge in [-0.1, -0.05) is 49.7 Å². The molecule has 0 N–H and O–H groups in total. The predicted octanol–water partition coefficient (Wildman–Crippen LogP) is 4.09. The van der Waals surface area contributed by atoms with Gasteiger partial charge in [-0.3, -0.25) is 4.98 Å². The Bertz CT molecular complexity index is 386. The number of hydrogen-bond acceptors (Lipinski definition) is 1. The largest absolute Gasteiger partial charge is 0.338 e. The van der Waals surface area contributed by atoms with Crippen molar-refractivity contribution < 1.29 is 32.7 Å². The van der Waals surface area contributed by atoms with Crippen LogP contribution in [0.15, 0.2) is 54.7 Å². The second-order valence-electron chi connectivity index (χ2n) is 3.81. The molecule has 2 aromatic rings. The van der Waals surface area contributed by atoms with Gasteiger partial charge < -0.3 is 6.92 Å². The zero-order chi connectivity index (χ0) is 12.3. The molecule has 1 heterocycles. The van der Waals surface area contributed by atoms with Crippen molar-refractivity contribution >= 4 is 0 Å². The van der Waals surface area contributed by atoms with Crippen molar-refractivity contribution in [1.82, 2.24) is 4.98 Å². The van der Waals surface area contributed by atoms with Gasteiger partial charge in [0.25, 0.3) is 0 Å². The van der Waals surface area contributed by atoms with Crippen LogP contribution >= 0.6 is 0 Å². The first-order chi connectivity index (χ1) is 8.36. The van der Waals surface area contributed by atoms with E-state index in [1.807, 2.05) is 18.2 Å². The molecule has 18 heavy (non-hydrogen) atoms. The number of nitrogens with zero attached hydrogens (tertiary/aromatic N) is 1. The fraction of sp³-hybridized carbons (Fsp3) is 0.250. The molecule has 2 rings (SSSR count). The quantitative estimate of drug-likeness (QED) is 0.777. The Kier molecular flexibility index (Phi) is 11.2. The molecule has 0 spiro atoms. The molecular formula is C16H20NY-. The number of rotatable bonds is 3. The summed E-state index contributed by atoms with van der Waals surface area (Å²) in [6, 6.07) is 16.4. The van der Waals surface area contributed by atoms with Crippen molar-refractivity contribution in [2.75, 3.05) is 0 Å². The molecule has 93 valence electrons. The first kappa shape index (κ1) is 17.5. The summed E-state index contributed by atoms with van der Waals surface area (Å²) >= 11 is 0. The summed E-state index contributed by atoms with van der Waals surface area (Å²) < 4.78 is 0. The Morgan fingerprint density at radius 1 is 1.00 bits per heavy atom. The average Bonchev–Trinajstić information content (AvgIpc) is 2.42. The Balaban J connectivity index is 0.000000306. The van der Waals surface area contributed by atoms with Gasteiger partial charge in [-0.15, -0.1) is 6.42 Å². The second kappa shape index (κ2) is 11.6. The molecule has 0 saturated carbocycles. The van der Waals surface area contributed by atoms with E-state index in [1.165, 1.54) is 18.4 Å². The molecule has 1 radical (unpaired) electrons. The van der Waals surface area contributed by atoms with Crippen LogP contribution in [0.3, 0.4) is 0 Å². The number of hydrogen-bond donors (Lipinski definition) is 0. The van der Waals surface area contributed by atoms with Crippen LogP contribution in [0, 0.1) is 6.92 Å². The van der Waals surface area contributed by atoms with Gasteiger partial charge in [-0.05, 0) is 24.1 Å². The molecule has 1 nitrogen and oxygen atoms in total. The van der Waals surface area contributed by atoms with E-state index in [0.29, 0.717) is 0 Å². The third kappa shape index (κ3) is 7.73. The Hall–Kier alpha value is -0.526. The van der Waals surface area contributed by atoms with E-state index in [4.69, 9.17) is 0 Å². The molecule has 0 unspecified atom stereocenters. The van der Waals surface area contributed by atoms with Crippen LogP contribution in [0.5, 0.6) is 0 Å². The summed E-state index contributed by atoms with van der Waals surface area (Å²) in [7, 11) is 0. The van der Waals surface area contributed by atoms with Crippen LogP contribution in [0.4, 0.5) is 0 Å². The summed E-state index contributed by atoms with van der Waals surface area (Å²) in [6.07, 6.45) is 5.01. The molecule has 0 aliphatic heterocycles. The summed E-state index contributed by atoms with van der Waals surface area (Å²) in [4.78, 5) is 4.03. The van der Waals surface area contributed by atoms with Crippen molar-refractivity contribution in [3.63, 3.8) is 0 Å². The van der Waals surface area contributed by atoms with E-state index in [-0.39, 0.29) is 32.7 Å². The normalized spacial score (nSPS) is 8.78. The van der Waals surface area contributed by atoms with Crippen molar-refractivity contribution in [1.29, 1.82) is 0 Å². The van der Waals surface area contributed by atoms with Crippen LogP contribution in [-0.2, 0) is 45.6 Å². The summed E-state index contributed by atoms with van der Waals surface area (Å²) in [5.74, 6) is 0. The van der Waals surface area contributed by atoms with Gasteiger partial charge in [0.1, 0.15) is 0 Å². The Labute approximate surface area is 136 Å².